The Morgan fingerprint density at radius 1 is 1.42 bits per heavy atom. The van der Waals surface area contributed by atoms with Crippen LogP contribution in [-0.4, -0.2) is 30.7 Å². The molecule has 1 rings (SSSR count). The summed E-state index contributed by atoms with van der Waals surface area (Å²) in [7, 11) is 1.78. The molecule has 0 saturated carbocycles. The van der Waals surface area contributed by atoms with E-state index in [-0.39, 0.29) is 5.78 Å². The van der Waals surface area contributed by atoms with Gasteiger partial charge < -0.3 is 0 Å². The third-order valence-corrected chi connectivity index (χ3v) is 1.51. The summed E-state index contributed by atoms with van der Waals surface area (Å²) in [5.41, 5.74) is 0.744. The highest BCUT2D eigenvalue weighted by Crippen LogP contribution is 1.99. The van der Waals surface area contributed by atoms with Gasteiger partial charge >= 0.3 is 0 Å². The van der Waals surface area contributed by atoms with E-state index >= 15 is 0 Å². The fourth-order valence-corrected chi connectivity index (χ4v) is 0.960. The molecule has 1 aromatic rings. The zero-order valence-corrected chi connectivity index (χ0v) is 7.16. The molecule has 0 atom stereocenters. The van der Waals surface area contributed by atoms with Gasteiger partial charge in [-0.25, -0.2) is 4.58 Å². The van der Waals surface area contributed by atoms with Crippen molar-refractivity contribution in [1.29, 1.82) is 0 Å². The van der Waals surface area contributed by atoms with Gasteiger partial charge in [-0.1, -0.05) is 30.3 Å². The van der Waals surface area contributed by atoms with Crippen molar-refractivity contribution in [2.75, 3.05) is 13.6 Å². The number of hydrogen-bond donors (Lipinski definition) is 0. The Morgan fingerprint density at radius 3 is 2.50 bits per heavy atom. The normalized spacial score (nSPS) is 9.42. The van der Waals surface area contributed by atoms with Crippen LogP contribution in [-0.2, 0) is 0 Å². The molecule has 0 spiro atoms. The van der Waals surface area contributed by atoms with E-state index in [2.05, 4.69) is 6.72 Å². The summed E-state index contributed by atoms with van der Waals surface area (Å²) in [6, 6.07) is 9.23. The Balaban J connectivity index is 2.73. The van der Waals surface area contributed by atoms with Gasteiger partial charge in [0.15, 0.2) is 0 Å². The largest absolute Gasteiger partial charge is 0.287 e. The molecular formula is C10H12NO+. The summed E-state index contributed by atoms with van der Waals surface area (Å²) in [5, 5.41) is 0. The van der Waals surface area contributed by atoms with E-state index < -0.39 is 0 Å². The van der Waals surface area contributed by atoms with Crippen LogP contribution in [0.15, 0.2) is 30.3 Å². The van der Waals surface area contributed by atoms with Gasteiger partial charge in [-0.05, 0) is 0 Å². The highest BCUT2D eigenvalue weighted by molar-refractivity contribution is 5.96. The average molecular weight is 162 g/mol. The first-order valence-corrected chi connectivity index (χ1v) is 3.80. The number of hydrogen-bond acceptors (Lipinski definition) is 1. The minimum Gasteiger partial charge on any atom is -0.287 e. The Labute approximate surface area is 72.2 Å². The zero-order chi connectivity index (χ0) is 8.97. The lowest BCUT2D eigenvalue weighted by atomic mass is 10.1. The Bertz CT molecular complexity index is 290. The van der Waals surface area contributed by atoms with E-state index in [1.54, 1.807) is 11.6 Å². The first-order valence-electron chi connectivity index (χ1n) is 3.80. The highest BCUT2D eigenvalue weighted by Gasteiger charge is 2.07. The number of carbonyl (C=O) groups excluding carboxylic acids is 1. The van der Waals surface area contributed by atoms with Gasteiger partial charge in [0, 0.05) is 5.56 Å². The zero-order valence-electron chi connectivity index (χ0n) is 7.16. The second-order valence-electron chi connectivity index (χ2n) is 2.80. The van der Waals surface area contributed by atoms with Crippen LogP contribution in [0.4, 0.5) is 0 Å². The number of ketones is 1. The minimum atomic E-state index is 0.105. The van der Waals surface area contributed by atoms with Gasteiger partial charge in [-0.15, -0.1) is 0 Å². The Hall–Kier alpha value is -1.44. The Kier molecular flexibility index (Phi) is 2.75. The molecule has 2 heteroatoms. The molecule has 0 aliphatic rings. The SMILES string of the molecule is C=[N+](C)CC(=O)c1ccccc1. The summed E-state index contributed by atoms with van der Waals surface area (Å²) in [6.45, 7) is 3.98. The van der Waals surface area contributed by atoms with Crippen LogP contribution in [0.1, 0.15) is 10.4 Å². The lowest BCUT2D eigenvalue weighted by Gasteiger charge is -1.95. The maximum atomic E-state index is 11.4. The van der Waals surface area contributed by atoms with Crippen LogP contribution < -0.4 is 0 Å². The monoisotopic (exact) mass is 162 g/mol. The average Bonchev–Trinajstić information content (AvgIpc) is 2.05. The molecule has 0 saturated heterocycles. The van der Waals surface area contributed by atoms with Crippen molar-refractivity contribution in [2.45, 2.75) is 0 Å². The Morgan fingerprint density at radius 2 is 2.00 bits per heavy atom. The van der Waals surface area contributed by atoms with E-state index in [1.165, 1.54) is 0 Å². The lowest BCUT2D eigenvalue weighted by Crippen LogP contribution is -2.15. The second-order valence-corrected chi connectivity index (χ2v) is 2.80. The summed E-state index contributed by atoms with van der Waals surface area (Å²) in [5.74, 6) is 0.105. The molecule has 62 valence electrons. The van der Waals surface area contributed by atoms with E-state index in [9.17, 15) is 4.79 Å². The first kappa shape index (κ1) is 8.65. The summed E-state index contributed by atoms with van der Waals surface area (Å²) in [4.78, 5) is 11.4. The number of likely N-dealkylation sites (N-methyl/N-ethyl adjacent to an activating group) is 1. The third-order valence-electron chi connectivity index (χ3n) is 1.51. The van der Waals surface area contributed by atoms with E-state index in [0.29, 0.717) is 6.54 Å². The van der Waals surface area contributed by atoms with Gasteiger partial charge in [0.1, 0.15) is 13.8 Å². The maximum absolute atomic E-state index is 11.4. The van der Waals surface area contributed by atoms with Crippen LogP contribution in [0.2, 0.25) is 0 Å². The summed E-state index contributed by atoms with van der Waals surface area (Å²) >= 11 is 0. The first-order chi connectivity index (χ1) is 5.70. The molecular weight excluding hydrogens is 150 g/mol. The number of benzene rings is 1. The summed E-state index contributed by atoms with van der Waals surface area (Å²) < 4.78 is 1.62. The lowest BCUT2D eigenvalue weighted by molar-refractivity contribution is -0.473. The van der Waals surface area contributed by atoms with Crippen LogP contribution in [0, 0.1) is 0 Å². The molecule has 0 fully saturated rings. The molecule has 0 aliphatic heterocycles. The summed E-state index contributed by atoms with van der Waals surface area (Å²) in [6.07, 6.45) is 0. The van der Waals surface area contributed by atoms with E-state index in [1.807, 2.05) is 30.3 Å². The van der Waals surface area contributed by atoms with Crippen molar-refractivity contribution >= 4 is 12.5 Å². The molecule has 0 aromatic heterocycles. The molecule has 0 unspecified atom stereocenters. The predicted octanol–water partition coefficient (Wildman–Crippen LogP) is 1.21. The van der Waals surface area contributed by atoms with Crippen LogP contribution in [0.25, 0.3) is 0 Å². The molecule has 0 N–H and O–H groups in total. The molecule has 12 heavy (non-hydrogen) atoms. The van der Waals surface area contributed by atoms with E-state index in [4.69, 9.17) is 0 Å². The number of carbonyl (C=O) groups is 1. The minimum absolute atomic E-state index is 0.105. The van der Waals surface area contributed by atoms with Gasteiger partial charge in [0.05, 0.1) is 0 Å². The fourth-order valence-electron chi connectivity index (χ4n) is 0.960. The maximum Gasteiger partial charge on any atom is 0.226 e. The third kappa shape index (κ3) is 2.31. The van der Waals surface area contributed by atoms with Crippen LogP contribution in [0.5, 0.6) is 0 Å². The number of Topliss-reactive ketones (excluding diaryl/α,β-unsaturated/α-hetero) is 1. The molecule has 0 bridgehead atoms. The predicted molar refractivity (Wildman–Crippen MR) is 48.9 cm³/mol. The van der Waals surface area contributed by atoms with Gasteiger partial charge in [0.25, 0.3) is 0 Å². The fraction of sp³-hybridized carbons (Fsp3) is 0.200. The van der Waals surface area contributed by atoms with Crippen molar-refractivity contribution in [3.8, 4) is 0 Å². The quantitative estimate of drug-likeness (QED) is 0.371. The standard InChI is InChI=1S/C10H12NO/c1-11(2)8-10(12)9-6-4-3-5-7-9/h3-7H,1,8H2,2H3/q+1. The van der Waals surface area contributed by atoms with Crippen LogP contribution in [0.3, 0.4) is 0 Å². The molecule has 2 nitrogen and oxygen atoms in total. The van der Waals surface area contributed by atoms with Crippen molar-refractivity contribution in [2.24, 2.45) is 0 Å². The molecule has 1 aromatic carbocycles. The van der Waals surface area contributed by atoms with Gasteiger partial charge in [0.2, 0.25) is 12.3 Å². The molecule has 0 amide bonds. The highest BCUT2D eigenvalue weighted by atomic mass is 16.1. The topological polar surface area (TPSA) is 20.1 Å². The second kappa shape index (κ2) is 3.81. The van der Waals surface area contributed by atoms with Crippen molar-refractivity contribution in [3.63, 3.8) is 0 Å². The molecule has 0 radical (unpaired) electrons. The van der Waals surface area contributed by atoms with Crippen molar-refractivity contribution in [1.82, 2.24) is 0 Å². The smallest absolute Gasteiger partial charge is 0.226 e. The van der Waals surface area contributed by atoms with Crippen molar-refractivity contribution in [3.05, 3.63) is 35.9 Å². The number of rotatable bonds is 3. The van der Waals surface area contributed by atoms with Crippen molar-refractivity contribution < 1.29 is 9.37 Å². The van der Waals surface area contributed by atoms with E-state index in [0.717, 1.165) is 5.56 Å². The van der Waals surface area contributed by atoms with Gasteiger partial charge in [-0.2, -0.15) is 0 Å². The number of nitrogens with zero attached hydrogens (tertiary/aromatic N) is 1. The molecule has 0 heterocycles. The van der Waals surface area contributed by atoms with Crippen LogP contribution >= 0.6 is 0 Å². The molecule has 0 aliphatic carbocycles. The van der Waals surface area contributed by atoms with Gasteiger partial charge in [-0.3, -0.25) is 4.79 Å².